The third-order valence-electron chi connectivity index (χ3n) is 6.57. The van der Waals surface area contributed by atoms with Crippen LogP contribution in [0.3, 0.4) is 0 Å². The molecule has 4 aliphatic heterocycles. The fraction of sp³-hybridized carbons (Fsp3) is 0.435. The summed E-state index contributed by atoms with van der Waals surface area (Å²) >= 11 is 0. The van der Waals surface area contributed by atoms with Crippen molar-refractivity contribution in [1.82, 2.24) is 9.80 Å². The minimum atomic E-state index is 0.213. The number of nitrogens with zero attached hydrogens (tertiary/aromatic N) is 3. The summed E-state index contributed by atoms with van der Waals surface area (Å²) in [6.45, 7) is 4.94. The van der Waals surface area contributed by atoms with Gasteiger partial charge in [-0.15, -0.1) is 0 Å². The number of amides is 1. The monoisotopic (exact) mass is 361 g/mol. The van der Waals surface area contributed by atoms with Gasteiger partial charge in [-0.1, -0.05) is 36.4 Å². The molecule has 1 amide bonds. The van der Waals surface area contributed by atoms with Crippen LogP contribution in [-0.2, 0) is 6.42 Å². The molecule has 4 heteroatoms. The lowest BCUT2D eigenvalue weighted by molar-refractivity contribution is 0.0615. The molecule has 140 valence electrons. The predicted octanol–water partition coefficient (Wildman–Crippen LogP) is 3.04. The fourth-order valence-electron chi connectivity index (χ4n) is 5.06. The van der Waals surface area contributed by atoms with Crippen molar-refractivity contribution in [2.45, 2.75) is 31.3 Å². The van der Waals surface area contributed by atoms with Gasteiger partial charge in [0.25, 0.3) is 5.91 Å². The maximum Gasteiger partial charge on any atom is 0.254 e. The average Bonchev–Trinajstić information content (AvgIpc) is 2.74. The van der Waals surface area contributed by atoms with E-state index in [0.717, 1.165) is 44.7 Å². The largest absolute Gasteiger partial charge is 0.366 e. The second-order valence-corrected chi connectivity index (χ2v) is 8.07. The van der Waals surface area contributed by atoms with Crippen molar-refractivity contribution in [2.24, 2.45) is 0 Å². The molecule has 4 nitrogen and oxygen atoms in total. The van der Waals surface area contributed by atoms with Crippen LogP contribution in [0, 0.1) is 0 Å². The van der Waals surface area contributed by atoms with E-state index < -0.39 is 0 Å². The number of para-hydroxylation sites is 1. The standard InChI is InChI=1S/C23H27N3O/c27-23-22-9-5-4-6-18(22)12-13-24(23)14-15-25-16-21-11-10-20(25)17-26(21)19-7-2-1-3-8-19/h1-9,20-21H,10-17H2/t20-,21-/m0/s1. The van der Waals surface area contributed by atoms with Crippen molar-refractivity contribution in [1.29, 1.82) is 0 Å². The van der Waals surface area contributed by atoms with Gasteiger partial charge in [0, 0.05) is 56.1 Å². The molecule has 0 spiro atoms. The van der Waals surface area contributed by atoms with E-state index in [4.69, 9.17) is 0 Å². The van der Waals surface area contributed by atoms with Crippen LogP contribution in [0.4, 0.5) is 5.69 Å². The number of hydrogen-bond donors (Lipinski definition) is 0. The van der Waals surface area contributed by atoms with Gasteiger partial charge in [0.2, 0.25) is 0 Å². The Morgan fingerprint density at radius 2 is 1.63 bits per heavy atom. The first-order chi connectivity index (χ1) is 13.3. The van der Waals surface area contributed by atoms with Gasteiger partial charge in [0.15, 0.2) is 0 Å². The lowest BCUT2D eigenvalue weighted by Gasteiger charge is -2.53. The van der Waals surface area contributed by atoms with Crippen LogP contribution in [-0.4, -0.2) is 60.5 Å². The highest BCUT2D eigenvalue weighted by atomic mass is 16.2. The topological polar surface area (TPSA) is 26.8 Å². The number of rotatable bonds is 4. The molecule has 3 fully saturated rings. The molecule has 0 unspecified atom stereocenters. The Kier molecular flexibility index (Phi) is 4.36. The molecule has 2 bridgehead atoms. The molecule has 0 saturated carbocycles. The van der Waals surface area contributed by atoms with Gasteiger partial charge in [-0.2, -0.15) is 0 Å². The third-order valence-corrected chi connectivity index (χ3v) is 6.57. The van der Waals surface area contributed by atoms with Gasteiger partial charge in [0.05, 0.1) is 0 Å². The Morgan fingerprint density at radius 3 is 2.44 bits per heavy atom. The first-order valence-corrected chi connectivity index (χ1v) is 10.2. The van der Waals surface area contributed by atoms with Crippen LogP contribution in [0.5, 0.6) is 0 Å². The van der Waals surface area contributed by atoms with Crippen molar-refractivity contribution >= 4 is 11.6 Å². The van der Waals surface area contributed by atoms with Crippen LogP contribution < -0.4 is 4.90 Å². The molecule has 4 aliphatic rings. The number of carbonyl (C=O) groups is 1. The zero-order valence-corrected chi connectivity index (χ0v) is 15.8. The van der Waals surface area contributed by atoms with Crippen molar-refractivity contribution < 1.29 is 4.79 Å². The van der Waals surface area contributed by atoms with Crippen LogP contribution in [0.15, 0.2) is 54.6 Å². The van der Waals surface area contributed by atoms with Crippen molar-refractivity contribution in [2.75, 3.05) is 37.6 Å². The Labute approximate surface area is 161 Å². The molecule has 2 atom stereocenters. The summed E-state index contributed by atoms with van der Waals surface area (Å²) in [5.74, 6) is 0.213. The number of piperidine rings is 2. The number of benzene rings is 2. The first kappa shape index (κ1) is 16.8. The van der Waals surface area contributed by atoms with Crippen LogP contribution in [0.1, 0.15) is 28.8 Å². The zero-order chi connectivity index (χ0) is 18.2. The van der Waals surface area contributed by atoms with Gasteiger partial charge in [-0.25, -0.2) is 0 Å². The van der Waals surface area contributed by atoms with E-state index in [1.54, 1.807) is 0 Å². The van der Waals surface area contributed by atoms with E-state index >= 15 is 0 Å². The first-order valence-electron chi connectivity index (χ1n) is 10.2. The normalized spacial score (nSPS) is 25.0. The number of carbonyl (C=O) groups excluding carboxylic acids is 1. The maximum atomic E-state index is 12.8. The Morgan fingerprint density at radius 1 is 0.852 bits per heavy atom. The molecule has 4 heterocycles. The maximum absolute atomic E-state index is 12.8. The number of fused-ring (bicyclic) bond motifs is 4. The second kappa shape index (κ2) is 7.01. The van der Waals surface area contributed by atoms with Gasteiger partial charge in [0.1, 0.15) is 0 Å². The minimum Gasteiger partial charge on any atom is -0.366 e. The van der Waals surface area contributed by atoms with Crippen molar-refractivity contribution in [3.05, 3.63) is 65.7 Å². The van der Waals surface area contributed by atoms with Crippen LogP contribution in [0.25, 0.3) is 0 Å². The highest BCUT2D eigenvalue weighted by Crippen LogP contribution is 2.32. The molecule has 3 saturated heterocycles. The summed E-state index contributed by atoms with van der Waals surface area (Å²) in [5.41, 5.74) is 3.46. The Balaban J connectivity index is 1.22. The number of piperazine rings is 1. The smallest absolute Gasteiger partial charge is 0.254 e. The fourth-order valence-corrected chi connectivity index (χ4v) is 5.06. The van der Waals surface area contributed by atoms with E-state index in [2.05, 4.69) is 51.1 Å². The van der Waals surface area contributed by atoms with Crippen molar-refractivity contribution in [3.63, 3.8) is 0 Å². The summed E-state index contributed by atoms with van der Waals surface area (Å²) in [7, 11) is 0. The molecule has 27 heavy (non-hydrogen) atoms. The van der Waals surface area contributed by atoms with Gasteiger partial charge in [-0.05, 0) is 43.0 Å². The molecule has 2 aromatic rings. The van der Waals surface area contributed by atoms with E-state index in [1.807, 2.05) is 18.2 Å². The van der Waals surface area contributed by atoms with E-state index in [1.165, 1.54) is 24.1 Å². The summed E-state index contributed by atoms with van der Waals surface area (Å²) in [5, 5.41) is 0. The van der Waals surface area contributed by atoms with Crippen LogP contribution in [0.2, 0.25) is 0 Å². The van der Waals surface area contributed by atoms with E-state index in [-0.39, 0.29) is 5.91 Å². The zero-order valence-electron chi connectivity index (χ0n) is 15.8. The Bertz CT molecular complexity index is 821. The molecule has 0 radical (unpaired) electrons. The second-order valence-electron chi connectivity index (χ2n) is 8.07. The molecule has 6 rings (SSSR count). The average molecular weight is 361 g/mol. The van der Waals surface area contributed by atoms with Gasteiger partial charge < -0.3 is 9.80 Å². The van der Waals surface area contributed by atoms with Gasteiger partial charge >= 0.3 is 0 Å². The molecular formula is C23H27N3O. The third kappa shape index (κ3) is 3.12. The van der Waals surface area contributed by atoms with Crippen LogP contribution >= 0.6 is 0 Å². The van der Waals surface area contributed by atoms with E-state index in [9.17, 15) is 4.79 Å². The summed E-state index contributed by atoms with van der Waals surface area (Å²) in [4.78, 5) is 20.1. The quantitative estimate of drug-likeness (QED) is 0.837. The summed E-state index contributed by atoms with van der Waals surface area (Å²) in [6, 6.07) is 20.1. The molecule has 2 aromatic carbocycles. The van der Waals surface area contributed by atoms with E-state index in [0.29, 0.717) is 12.1 Å². The molecular weight excluding hydrogens is 334 g/mol. The summed E-state index contributed by atoms with van der Waals surface area (Å²) < 4.78 is 0. The lowest BCUT2D eigenvalue weighted by Crippen LogP contribution is -2.63. The lowest BCUT2D eigenvalue weighted by atomic mass is 9.90. The number of hydrogen-bond acceptors (Lipinski definition) is 3. The van der Waals surface area contributed by atoms with Gasteiger partial charge in [-0.3, -0.25) is 9.69 Å². The Hall–Kier alpha value is -2.33. The molecule has 0 aromatic heterocycles. The summed E-state index contributed by atoms with van der Waals surface area (Å²) in [6.07, 6.45) is 3.55. The number of anilines is 1. The minimum absolute atomic E-state index is 0.213. The molecule has 0 N–H and O–H groups in total. The predicted molar refractivity (Wildman–Crippen MR) is 108 cm³/mol. The molecule has 0 aliphatic carbocycles. The van der Waals surface area contributed by atoms with Crippen molar-refractivity contribution in [3.8, 4) is 0 Å². The highest BCUT2D eigenvalue weighted by molar-refractivity contribution is 5.96. The SMILES string of the molecule is O=C1c2ccccc2CCN1CCN1C[C@@H]2CC[C@H]1CN2c1ccccc1. The highest BCUT2D eigenvalue weighted by Gasteiger charge is 2.39.